The minimum Gasteiger partial charge on any atom is -0.294 e. The number of rotatable bonds is 10. The highest BCUT2D eigenvalue weighted by Gasteiger charge is 2.21. The Kier molecular flexibility index (Phi) is 7.82. The molecule has 5 aromatic rings. The first-order chi connectivity index (χ1) is 19.4. The predicted molar refractivity (Wildman–Crippen MR) is 155 cm³/mol. The van der Waals surface area contributed by atoms with Gasteiger partial charge in [0.05, 0.1) is 17.9 Å². The molecule has 0 aliphatic rings. The van der Waals surface area contributed by atoms with Crippen LogP contribution >= 0.6 is 0 Å². The van der Waals surface area contributed by atoms with E-state index in [0.29, 0.717) is 23.6 Å². The van der Waals surface area contributed by atoms with Crippen molar-refractivity contribution in [2.24, 2.45) is 0 Å². The van der Waals surface area contributed by atoms with Crippen molar-refractivity contribution in [2.75, 3.05) is 0 Å². The van der Waals surface area contributed by atoms with Crippen LogP contribution in [0.2, 0.25) is 0 Å². The molecule has 3 aromatic heterocycles. The smallest absolute Gasteiger partial charge is 0.294 e. The molecular formula is C31H33N7O2. The van der Waals surface area contributed by atoms with Gasteiger partial charge in [-0.2, -0.15) is 0 Å². The number of nitrogens with one attached hydrogen (secondary N) is 1. The van der Waals surface area contributed by atoms with Gasteiger partial charge in [0.2, 0.25) is 0 Å². The summed E-state index contributed by atoms with van der Waals surface area (Å²) in [7, 11) is 0. The number of para-hydroxylation sites is 1. The number of aromatic nitrogens is 7. The van der Waals surface area contributed by atoms with Gasteiger partial charge in [-0.05, 0) is 59.4 Å². The molecule has 0 saturated heterocycles. The van der Waals surface area contributed by atoms with Crippen molar-refractivity contribution in [3.05, 3.63) is 100.0 Å². The number of Topliss-reactive ketones (excluding diaryl/α,β-unsaturated/α-hetero) is 1. The van der Waals surface area contributed by atoms with Crippen molar-refractivity contribution in [2.45, 2.75) is 59.4 Å². The van der Waals surface area contributed by atoms with Crippen LogP contribution in [0.1, 0.15) is 73.8 Å². The zero-order valence-corrected chi connectivity index (χ0v) is 23.3. The van der Waals surface area contributed by atoms with Crippen molar-refractivity contribution >= 4 is 5.78 Å². The molecule has 40 heavy (non-hydrogen) atoms. The van der Waals surface area contributed by atoms with Crippen molar-refractivity contribution in [1.82, 2.24) is 34.7 Å². The summed E-state index contributed by atoms with van der Waals surface area (Å²) in [5.41, 5.74) is 6.47. The second-order valence-corrected chi connectivity index (χ2v) is 10.3. The van der Waals surface area contributed by atoms with Crippen LogP contribution in [0.3, 0.4) is 0 Å². The Balaban J connectivity index is 1.54. The van der Waals surface area contributed by atoms with Gasteiger partial charge in [0.15, 0.2) is 11.6 Å². The fraction of sp³-hybridized carbons (Fsp3) is 0.290. The summed E-state index contributed by atoms with van der Waals surface area (Å²) in [5, 5.41) is 14.3. The number of nitrogens with zero attached hydrogens (tertiary/aromatic N) is 6. The maximum atomic E-state index is 13.9. The van der Waals surface area contributed by atoms with Gasteiger partial charge in [-0.1, -0.05) is 69.7 Å². The van der Waals surface area contributed by atoms with E-state index in [1.54, 1.807) is 22.1 Å². The van der Waals surface area contributed by atoms with Crippen LogP contribution in [0.5, 0.6) is 0 Å². The molecule has 0 bridgehead atoms. The second-order valence-electron chi connectivity index (χ2n) is 10.3. The largest absolute Gasteiger partial charge is 0.333 e. The van der Waals surface area contributed by atoms with Gasteiger partial charge in [-0.25, -0.2) is 9.89 Å². The summed E-state index contributed by atoms with van der Waals surface area (Å²) in [4.78, 5) is 31.2. The van der Waals surface area contributed by atoms with E-state index >= 15 is 0 Å². The molecule has 1 N–H and O–H groups in total. The summed E-state index contributed by atoms with van der Waals surface area (Å²) in [6.45, 7) is 8.16. The van der Waals surface area contributed by atoms with Gasteiger partial charge in [0.1, 0.15) is 0 Å². The Hall–Kier alpha value is -4.66. The maximum Gasteiger partial charge on any atom is 0.333 e. The van der Waals surface area contributed by atoms with Gasteiger partial charge in [0.25, 0.3) is 0 Å². The lowest BCUT2D eigenvalue weighted by Crippen LogP contribution is -2.26. The standard InChI is InChI=1S/C31H33N7O2/c1-5-6-10-24-19-38(29-25(20(2)3)13-9-14-26(29)21(4)39)31(40)37(24)18-23-16-15-22(17-32-23)27-11-7-8-12-28(27)30-33-35-36-34-30/h7-9,11-17,19-20H,5-6,10,18H2,1-4H3,(H,33,34,35,36). The van der Waals surface area contributed by atoms with Gasteiger partial charge in [-0.15, -0.1) is 5.10 Å². The number of H-pyrrole nitrogens is 1. The molecule has 9 heteroatoms. The number of aryl methyl sites for hydroxylation is 1. The highest BCUT2D eigenvalue weighted by atomic mass is 16.2. The summed E-state index contributed by atoms with van der Waals surface area (Å²) in [5.74, 6) is 0.666. The molecule has 0 radical (unpaired) electrons. The number of imidazole rings is 1. The zero-order valence-electron chi connectivity index (χ0n) is 23.3. The van der Waals surface area contributed by atoms with E-state index in [4.69, 9.17) is 4.98 Å². The summed E-state index contributed by atoms with van der Waals surface area (Å²) in [6.07, 6.45) is 6.44. The SMILES string of the molecule is CCCCc1cn(-c2c(C(C)=O)cccc2C(C)C)c(=O)n1Cc1ccc(-c2ccccc2-c2nnn[nH]2)cn1. The number of pyridine rings is 1. The summed E-state index contributed by atoms with van der Waals surface area (Å²) >= 11 is 0. The fourth-order valence-electron chi connectivity index (χ4n) is 5.05. The normalized spacial score (nSPS) is 11.3. The van der Waals surface area contributed by atoms with E-state index in [2.05, 4.69) is 41.4 Å². The van der Waals surface area contributed by atoms with Gasteiger partial charge >= 0.3 is 5.69 Å². The van der Waals surface area contributed by atoms with Crippen LogP contribution in [0.4, 0.5) is 0 Å². The molecule has 204 valence electrons. The Labute approximate surface area is 232 Å². The molecule has 0 aliphatic carbocycles. The lowest BCUT2D eigenvalue weighted by molar-refractivity contribution is 0.101. The Morgan fingerprint density at radius 2 is 1.82 bits per heavy atom. The summed E-state index contributed by atoms with van der Waals surface area (Å²) < 4.78 is 3.44. The molecule has 5 rings (SSSR count). The molecule has 0 unspecified atom stereocenters. The van der Waals surface area contributed by atoms with Gasteiger partial charge in [0, 0.05) is 34.8 Å². The number of unbranched alkanes of at least 4 members (excludes halogenated alkanes) is 1. The third kappa shape index (κ3) is 5.27. The van der Waals surface area contributed by atoms with E-state index in [1.807, 2.05) is 60.9 Å². The molecule has 9 nitrogen and oxygen atoms in total. The Morgan fingerprint density at radius 3 is 2.48 bits per heavy atom. The van der Waals surface area contributed by atoms with Crippen molar-refractivity contribution < 1.29 is 4.79 Å². The first-order valence-corrected chi connectivity index (χ1v) is 13.6. The third-order valence-electron chi connectivity index (χ3n) is 7.14. The molecule has 0 saturated carbocycles. The Bertz CT molecular complexity index is 1680. The van der Waals surface area contributed by atoms with E-state index in [0.717, 1.165) is 52.9 Å². The average molecular weight is 536 g/mol. The zero-order chi connectivity index (χ0) is 28.2. The quantitative estimate of drug-likeness (QED) is 0.233. The molecule has 0 spiro atoms. The molecule has 3 heterocycles. The van der Waals surface area contributed by atoms with Crippen LogP contribution < -0.4 is 5.69 Å². The lowest BCUT2D eigenvalue weighted by Gasteiger charge is -2.16. The fourth-order valence-corrected chi connectivity index (χ4v) is 5.05. The minimum atomic E-state index is -0.171. The highest BCUT2D eigenvalue weighted by Crippen LogP contribution is 2.30. The highest BCUT2D eigenvalue weighted by molar-refractivity contribution is 5.98. The predicted octanol–water partition coefficient (Wildman–Crippen LogP) is 5.60. The first-order valence-electron chi connectivity index (χ1n) is 13.6. The number of carbonyl (C=O) groups is 1. The van der Waals surface area contributed by atoms with E-state index in [1.165, 1.54) is 0 Å². The van der Waals surface area contributed by atoms with Gasteiger partial charge in [-0.3, -0.25) is 18.9 Å². The lowest BCUT2D eigenvalue weighted by atomic mass is 9.96. The molecule has 0 fully saturated rings. The minimum absolute atomic E-state index is 0.0640. The van der Waals surface area contributed by atoms with Crippen molar-refractivity contribution in [3.8, 4) is 28.2 Å². The van der Waals surface area contributed by atoms with Crippen molar-refractivity contribution in [3.63, 3.8) is 0 Å². The molecule has 0 amide bonds. The molecule has 0 atom stereocenters. The first kappa shape index (κ1) is 26.9. The van der Waals surface area contributed by atoms with Gasteiger partial charge < -0.3 is 0 Å². The number of carbonyl (C=O) groups excluding carboxylic acids is 1. The van der Waals surface area contributed by atoms with E-state index in [-0.39, 0.29) is 17.4 Å². The molecule has 0 aliphatic heterocycles. The number of benzene rings is 2. The molecular weight excluding hydrogens is 502 g/mol. The number of aromatic amines is 1. The number of hydrogen-bond donors (Lipinski definition) is 1. The second kappa shape index (κ2) is 11.6. The number of tetrazole rings is 1. The van der Waals surface area contributed by atoms with Crippen LogP contribution in [0.25, 0.3) is 28.2 Å². The monoisotopic (exact) mass is 535 g/mol. The average Bonchev–Trinajstić information content (AvgIpc) is 3.61. The number of hydrogen-bond acceptors (Lipinski definition) is 6. The van der Waals surface area contributed by atoms with Crippen LogP contribution in [-0.4, -0.2) is 40.5 Å². The van der Waals surface area contributed by atoms with Crippen LogP contribution in [0, 0.1) is 0 Å². The summed E-state index contributed by atoms with van der Waals surface area (Å²) in [6, 6.07) is 17.5. The Morgan fingerprint density at radius 1 is 1.02 bits per heavy atom. The van der Waals surface area contributed by atoms with E-state index < -0.39 is 0 Å². The molecule has 2 aromatic carbocycles. The number of ketones is 1. The topological polar surface area (TPSA) is 111 Å². The van der Waals surface area contributed by atoms with Crippen LogP contribution in [0.15, 0.2) is 71.8 Å². The van der Waals surface area contributed by atoms with E-state index in [9.17, 15) is 9.59 Å². The van der Waals surface area contributed by atoms with Crippen LogP contribution in [-0.2, 0) is 13.0 Å². The third-order valence-corrected chi connectivity index (χ3v) is 7.14. The maximum absolute atomic E-state index is 13.9. The van der Waals surface area contributed by atoms with Crippen molar-refractivity contribution in [1.29, 1.82) is 0 Å².